The molecule has 2 amide bonds. The van der Waals surface area contributed by atoms with E-state index in [1.165, 1.54) is 24.2 Å². The van der Waals surface area contributed by atoms with Crippen molar-refractivity contribution in [2.75, 3.05) is 26.2 Å². The third-order valence-corrected chi connectivity index (χ3v) is 5.64. The van der Waals surface area contributed by atoms with Crippen LogP contribution in [0.3, 0.4) is 0 Å². The van der Waals surface area contributed by atoms with E-state index in [9.17, 15) is 4.79 Å². The van der Waals surface area contributed by atoms with Crippen LogP contribution in [-0.2, 0) is 0 Å². The number of carbonyl (C=O) groups is 1. The van der Waals surface area contributed by atoms with Gasteiger partial charge in [0.1, 0.15) is 0 Å². The average Bonchev–Trinajstić information content (AvgIpc) is 3.27. The molecule has 1 saturated carbocycles. The molecule has 2 N–H and O–H groups in total. The largest absolute Gasteiger partial charge is 0.493 e. The third kappa shape index (κ3) is 3.62. The molecule has 9 heteroatoms. The average molecular weight is 410 g/mol. The lowest BCUT2D eigenvalue weighted by atomic mass is 9.96. The molecule has 1 aliphatic rings. The van der Waals surface area contributed by atoms with E-state index in [4.69, 9.17) is 15.2 Å². The zero-order valence-corrected chi connectivity index (χ0v) is 17.5. The summed E-state index contributed by atoms with van der Waals surface area (Å²) >= 11 is 0. The molecule has 0 bridgehead atoms. The maximum Gasteiger partial charge on any atom is 0.321 e. The molecule has 1 fully saturated rings. The van der Waals surface area contributed by atoms with E-state index in [1.54, 1.807) is 33.5 Å². The number of benzene rings is 1. The molecule has 1 aliphatic carbocycles. The summed E-state index contributed by atoms with van der Waals surface area (Å²) in [5.41, 5.74) is 7.57. The highest BCUT2D eigenvalue weighted by atomic mass is 16.5. The summed E-state index contributed by atoms with van der Waals surface area (Å²) in [5.74, 6) is 1.33. The van der Waals surface area contributed by atoms with Gasteiger partial charge in [-0.25, -0.2) is 14.8 Å². The van der Waals surface area contributed by atoms with Gasteiger partial charge < -0.3 is 15.2 Å². The van der Waals surface area contributed by atoms with Crippen LogP contribution in [0.2, 0.25) is 0 Å². The molecular weight excluding hydrogens is 384 g/mol. The zero-order valence-electron chi connectivity index (χ0n) is 17.5. The first kappa shape index (κ1) is 19.9. The van der Waals surface area contributed by atoms with Gasteiger partial charge in [-0.1, -0.05) is 19.3 Å². The number of ether oxygens (including phenoxy) is 2. The minimum atomic E-state index is -0.640. The van der Waals surface area contributed by atoms with Crippen LogP contribution >= 0.6 is 0 Å². The number of carbonyl (C=O) groups excluding carboxylic acids is 1. The monoisotopic (exact) mass is 410 g/mol. The molecule has 0 radical (unpaired) electrons. The smallest absolute Gasteiger partial charge is 0.321 e. The van der Waals surface area contributed by atoms with E-state index >= 15 is 0 Å². The van der Waals surface area contributed by atoms with E-state index in [0.717, 1.165) is 23.8 Å². The second-order valence-electron chi connectivity index (χ2n) is 7.49. The summed E-state index contributed by atoms with van der Waals surface area (Å²) in [4.78, 5) is 22.1. The Labute approximate surface area is 174 Å². The van der Waals surface area contributed by atoms with Crippen LogP contribution in [0.1, 0.15) is 38.1 Å². The number of nitrogens with two attached hydrogens (primary N) is 1. The van der Waals surface area contributed by atoms with E-state index in [2.05, 4.69) is 15.1 Å². The quantitative estimate of drug-likeness (QED) is 0.689. The normalized spacial score (nSPS) is 14.6. The van der Waals surface area contributed by atoms with E-state index in [-0.39, 0.29) is 5.95 Å². The predicted molar refractivity (Wildman–Crippen MR) is 114 cm³/mol. The second-order valence-corrected chi connectivity index (χ2v) is 7.49. The van der Waals surface area contributed by atoms with Gasteiger partial charge in [0, 0.05) is 30.3 Å². The van der Waals surface area contributed by atoms with Crippen LogP contribution in [0.5, 0.6) is 11.5 Å². The Morgan fingerprint density at radius 1 is 1.13 bits per heavy atom. The van der Waals surface area contributed by atoms with Crippen molar-refractivity contribution in [1.29, 1.82) is 0 Å². The van der Waals surface area contributed by atoms with Crippen LogP contribution in [0.4, 0.5) is 10.7 Å². The Balaban J connectivity index is 1.88. The summed E-state index contributed by atoms with van der Waals surface area (Å²) < 4.78 is 12.9. The van der Waals surface area contributed by atoms with Gasteiger partial charge in [-0.05, 0) is 18.9 Å². The molecule has 2 heterocycles. The molecule has 3 aromatic rings. The SMILES string of the molecule is COc1cc2nc(N(C)C(N)=O)nc(-c3cnn(C4CCCCC4)c3)c2cc1OC. The van der Waals surface area contributed by atoms with Gasteiger partial charge in [0.2, 0.25) is 5.95 Å². The molecule has 0 saturated heterocycles. The van der Waals surface area contributed by atoms with Crippen molar-refractivity contribution < 1.29 is 14.3 Å². The minimum Gasteiger partial charge on any atom is -0.493 e. The molecule has 2 aromatic heterocycles. The number of anilines is 1. The molecule has 158 valence electrons. The number of aromatic nitrogens is 4. The Kier molecular flexibility index (Phi) is 5.43. The molecule has 30 heavy (non-hydrogen) atoms. The van der Waals surface area contributed by atoms with Gasteiger partial charge in [-0.3, -0.25) is 9.58 Å². The van der Waals surface area contributed by atoms with Crippen LogP contribution < -0.4 is 20.1 Å². The van der Waals surface area contributed by atoms with Gasteiger partial charge in [-0.15, -0.1) is 0 Å². The Hall–Kier alpha value is -3.36. The van der Waals surface area contributed by atoms with Crippen LogP contribution in [-0.4, -0.2) is 47.0 Å². The first-order valence-electron chi connectivity index (χ1n) is 10.0. The second kappa shape index (κ2) is 8.17. The maximum absolute atomic E-state index is 11.7. The number of fused-ring (bicyclic) bond motifs is 1. The van der Waals surface area contributed by atoms with Crippen molar-refractivity contribution in [2.45, 2.75) is 38.1 Å². The highest BCUT2D eigenvalue weighted by Crippen LogP contribution is 2.37. The fraction of sp³-hybridized carbons (Fsp3) is 0.429. The summed E-state index contributed by atoms with van der Waals surface area (Å²) in [7, 11) is 4.69. The number of hydrogen-bond acceptors (Lipinski definition) is 6. The van der Waals surface area contributed by atoms with Crippen molar-refractivity contribution in [1.82, 2.24) is 19.7 Å². The zero-order chi connectivity index (χ0) is 21.3. The lowest BCUT2D eigenvalue weighted by molar-refractivity contribution is 0.255. The highest BCUT2D eigenvalue weighted by molar-refractivity contribution is 5.97. The summed E-state index contributed by atoms with van der Waals surface area (Å²) in [6.07, 6.45) is 9.82. The molecule has 9 nitrogen and oxygen atoms in total. The molecule has 0 spiro atoms. The van der Waals surface area contributed by atoms with Gasteiger partial charge >= 0.3 is 6.03 Å². The maximum atomic E-state index is 11.7. The van der Waals surface area contributed by atoms with Crippen LogP contribution in [0.15, 0.2) is 24.5 Å². The van der Waals surface area contributed by atoms with Gasteiger partial charge in [0.15, 0.2) is 11.5 Å². The number of nitrogens with zero attached hydrogens (tertiary/aromatic N) is 5. The lowest BCUT2D eigenvalue weighted by Crippen LogP contribution is -2.33. The molecular formula is C21H26N6O3. The predicted octanol–water partition coefficient (Wildman–Crippen LogP) is 3.53. The molecule has 0 unspecified atom stereocenters. The fourth-order valence-electron chi connectivity index (χ4n) is 3.92. The molecule has 0 atom stereocenters. The van der Waals surface area contributed by atoms with Crippen LogP contribution in [0.25, 0.3) is 22.2 Å². The van der Waals surface area contributed by atoms with Crippen molar-refractivity contribution in [3.63, 3.8) is 0 Å². The van der Waals surface area contributed by atoms with Gasteiger partial charge in [-0.2, -0.15) is 5.10 Å². The van der Waals surface area contributed by atoms with E-state index < -0.39 is 6.03 Å². The standard InChI is InChI=1S/C21H26N6O3/c1-26(20(22)28)21-24-16-10-18(30-3)17(29-2)9-15(16)19(25-21)13-11-23-27(12-13)14-7-5-4-6-8-14/h9-12,14H,4-8H2,1-3H3,(H2,22,28). The third-order valence-electron chi connectivity index (χ3n) is 5.64. The van der Waals surface area contributed by atoms with Gasteiger partial charge in [0.05, 0.1) is 37.7 Å². The first-order chi connectivity index (χ1) is 14.5. The highest BCUT2D eigenvalue weighted by Gasteiger charge is 2.21. The Morgan fingerprint density at radius 2 is 1.83 bits per heavy atom. The van der Waals surface area contributed by atoms with E-state index in [0.29, 0.717) is 28.8 Å². The van der Waals surface area contributed by atoms with Crippen molar-refractivity contribution in [2.24, 2.45) is 5.73 Å². The fourth-order valence-corrected chi connectivity index (χ4v) is 3.92. The molecule has 1 aromatic carbocycles. The number of primary amides is 1. The molecule has 0 aliphatic heterocycles. The van der Waals surface area contributed by atoms with Crippen molar-refractivity contribution >= 4 is 22.9 Å². The summed E-state index contributed by atoms with van der Waals surface area (Å²) in [5, 5.41) is 5.38. The number of amides is 2. The minimum absolute atomic E-state index is 0.211. The number of methoxy groups -OCH3 is 2. The summed E-state index contributed by atoms with van der Waals surface area (Å²) in [6.45, 7) is 0. The van der Waals surface area contributed by atoms with E-state index in [1.807, 2.05) is 16.9 Å². The Bertz CT molecular complexity index is 1070. The number of hydrogen-bond donors (Lipinski definition) is 1. The topological polar surface area (TPSA) is 108 Å². The van der Waals surface area contributed by atoms with Gasteiger partial charge in [0.25, 0.3) is 0 Å². The lowest BCUT2D eigenvalue weighted by Gasteiger charge is -2.21. The number of rotatable bonds is 5. The Morgan fingerprint density at radius 3 is 2.50 bits per heavy atom. The van der Waals surface area contributed by atoms with Crippen molar-refractivity contribution in [3.05, 3.63) is 24.5 Å². The van der Waals surface area contributed by atoms with Crippen LogP contribution in [0, 0.1) is 0 Å². The molecule has 4 rings (SSSR count). The van der Waals surface area contributed by atoms with Crippen molar-refractivity contribution in [3.8, 4) is 22.8 Å². The first-order valence-corrected chi connectivity index (χ1v) is 10.0. The summed E-state index contributed by atoms with van der Waals surface area (Å²) in [6, 6.07) is 3.38. The number of urea groups is 1.